The number of benzene rings is 2. The maximum Gasteiger partial charge on any atom is 0.308 e. The standard InChI is InChI=1S/C19H18N4O4S2/c1-3-23-15-8-7-14(10-16(15)28-19(23)24)29(25,26)20-11-17-21-18(22-27-17)13-6-4-5-12(2)9-13/h4-10,20H,3,11H2,1-2H3. The number of sulfonamides is 1. The van der Waals surface area contributed by atoms with E-state index in [-0.39, 0.29) is 22.2 Å². The van der Waals surface area contributed by atoms with Crippen LogP contribution in [-0.4, -0.2) is 23.1 Å². The lowest BCUT2D eigenvalue weighted by atomic mass is 10.1. The van der Waals surface area contributed by atoms with Gasteiger partial charge in [-0.15, -0.1) is 0 Å². The van der Waals surface area contributed by atoms with Crippen molar-refractivity contribution < 1.29 is 12.9 Å². The molecule has 0 aliphatic carbocycles. The summed E-state index contributed by atoms with van der Waals surface area (Å²) >= 11 is 1.02. The summed E-state index contributed by atoms with van der Waals surface area (Å²) in [6, 6.07) is 12.3. The molecule has 2 aromatic heterocycles. The van der Waals surface area contributed by atoms with Crippen LogP contribution in [0.4, 0.5) is 0 Å². The van der Waals surface area contributed by atoms with E-state index >= 15 is 0 Å². The first-order chi connectivity index (χ1) is 13.9. The number of nitrogens with one attached hydrogen (secondary N) is 1. The van der Waals surface area contributed by atoms with Crippen molar-refractivity contribution in [1.29, 1.82) is 0 Å². The number of rotatable bonds is 6. The van der Waals surface area contributed by atoms with Gasteiger partial charge in [0.2, 0.25) is 21.7 Å². The predicted octanol–water partition coefficient (Wildman–Crippen LogP) is 2.92. The Morgan fingerprint density at radius 3 is 2.79 bits per heavy atom. The fourth-order valence-electron chi connectivity index (χ4n) is 2.98. The molecule has 4 rings (SSSR count). The smallest absolute Gasteiger partial charge is 0.308 e. The molecule has 0 fully saturated rings. The Morgan fingerprint density at radius 1 is 1.21 bits per heavy atom. The van der Waals surface area contributed by atoms with Gasteiger partial charge in [-0.05, 0) is 38.1 Å². The maximum atomic E-state index is 12.7. The number of thiazole rings is 1. The van der Waals surface area contributed by atoms with E-state index in [0.717, 1.165) is 28.0 Å². The number of aryl methyl sites for hydroxylation is 2. The second-order valence-electron chi connectivity index (χ2n) is 6.45. The van der Waals surface area contributed by atoms with Gasteiger partial charge in [-0.3, -0.25) is 9.36 Å². The molecule has 2 aromatic carbocycles. The molecule has 0 spiro atoms. The van der Waals surface area contributed by atoms with Gasteiger partial charge in [0.25, 0.3) is 0 Å². The molecule has 1 N–H and O–H groups in total. The van der Waals surface area contributed by atoms with Gasteiger partial charge in [0, 0.05) is 12.1 Å². The third kappa shape index (κ3) is 3.86. The van der Waals surface area contributed by atoms with Crippen LogP contribution in [0.15, 0.2) is 56.7 Å². The first-order valence-electron chi connectivity index (χ1n) is 8.90. The predicted molar refractivity (Wildman–Crippen MR) is 110 cm³/mol. The van der Waals surface area contributed by atoms with Crippen molar-refractivity contribution in [2.24, 2.45) is 0 Å². The van der Waals surface area contributed by atoms with Crippen molar-refractivity contribution in [3.8, 4) is 11.4 Å². The number of hydrogen-bond acceptors (Lipinski definition) is 7. The SMILES string of the molecule is CCn1c(=O)sc2cc(S(=O)(=O)NCc3nc(-c4cccc(C)c4)no3)ccc21. The average Bonchev–Trinajstić information content (AvgIpc) is 3.29. The van der Waals surface area contributed by atoms with Gasteiger partial charge < -0.3 is 4.52 Å². The highest BCUT2D eigenvalue weighted by atomic mass is 32.2. The van der Waals surface area contributed by atoms with Crippen molar-refractivity contribution in [2.75, 3.05) is 0 Å². The van der Waals surface area contributed by atoms with Gasteiger partial charge in [0.05, 0.1) is 21.7 Å². The number of fused-ring (bicyclic) bond motifs is 1. The Morgan fingerprint density at radius 2 is 2.03 bits per heavy atom. The van der Waals surface area contributed by atoms with Crippen LogP contribution in [0, 0.1) is 6.92 Å². The maximum absolute atomic E-state index is 12.7. The van der Waals surface area contributed by atoms with Gasteiger partial charge in [0.15, 0.2) is 0 Å². The first kappa shape index (κ1) is 19.5. The molecule has 150 valence electrons. The summed E-state index contributed by atoms with van der Waals surface area (Å²) in [5, 5.41) is 3.91. The van der Waals surface area contributed by atoms with Crippen LogP contribution in [0.2, 0.25) is 0 Å². The summed E-state index contributed by atoms with van der Waals surface area (Å²) in [7, 11) is -3.80. The minimum absolute atomic E-state index is 0.0768. The first-order valence-corrected chi connectivity index (χ1v) is 11.2. The van der Waals surface area contributed by atoms with E-state index in [0.29, 0.717) is 17.1 Å². The zero-order chi connectivity index (χ0) is 20.6. The molecule has 0 saturated heterocycles. The van der Waals surface area contributed by atoms with E-state index in [2.05, 4.69) is 14.9 Å². The van der Waals surface area contributed by atoms with Gasteiger partial charge in [0.1, 0.15) is 0 Å². The molecule has 0 amide bonds. The molecule has 10 heteroatoms. The van der Waals surface area contributed by atoms with Crippen molar-refractivity contribution in [3.05, 3.63) is 63.6 Å². The Hall–Kier alpha value is -2.82. The monoisotopic (exact) mass is 430 g/mol. The van der Waals surface area contributed by atoms with E-state index in [9.17, 15) is 13.2 Å². The summed E-state index contributed by atoms with van der Waals surface area (Å²) in [5.74, 6) is 0.558. The fourth-order valence-corrected chi connectivity index (χ4v) is 5.05. The molecule has 0 aliphatic rings. The molecular formula is C19H18N4O4S2. The second kappa shape index (κ2) is 7.54. The molecule has 29 heavy (non-hydrogen) atoms. The average molecular weight is 431 g/mol. The lowest BCUT2D eigenvalue weighted by Crippen LogP contribution is -2.23. The molecule has 2 heterocycles. The molecular weight excluding hydrogens is 412 g/mol. The normalized spacial score (nSPS) is 11.9. The number of nitrogens with zero attached hydrogens (tertiary/aromatic N) is 3. The van der Waals surface area contributed by atoms with Gasteiger partial charge in [-0.2, -0.15) is 4.98 Å². The minimum atomic E-state index is -3.80. The zero-order valence-electron chi connectivity index (χ0n) is 15.7. The Bertz CT molecular complexity index is 1350. The molecule has 0 bridgehead atoms. The van der Waals surface area contributed by atoms with E-state index < -0.39 is 10.0 Å². The Kier molecular flexibility index (Phi) is 5.07. The lowest BCUT2D eigenvalue weighted by Gasteiger charge is -2.05. The Labute approximate surface area is 170 Å². The third-order valence-electron chi connectivity index (χ3n) is 4.42. The minimum Gasteiger partial charge on any atom is -0.338 e. The van der Waals surface area contributed by atoms with E-state index in [1.165, 1.54) is 12.1 Å². The van der Waals surface area contributed by atoms with Crippen LogP contribution in [0.5, 0.6) is 0 Å². The van der Waals surface area contributed by atoms with Crippen LogP contribution in [0.1, 0.15) is 18.4 Å². The summed E-state index contributed by atoms with van der Waals surface area (Å²) in [6.45, 7) is 4.23. The molecule has 0 atom stereocenters. The highest BCUT2D eigenvalue weighted by molar-refractivity contribution is 7.89. The van der Waals surface area contributed by atoms with Crippen molar-refractivity contribution >= 4 is 31.6 Å². The topological polar surface area (TPSA) is 107 Å². The number of aromatic nitrogens is 3. The molecule has 0 radical (unpaired) electrons. The van der Waals surface area contributed by atoms with Crippen LogP contribution in [-0.2, 0) is 23.1 Å². The lowest BCUT2D eigenvalue weighted by molar-refractivity contribution is 0.376. The molecule has 4 aromatic rings. The summed E-state index contributed by atoms with van der Waals surface area (Å²) in [5.41, 5.74) is 2.58. The van der Waals surface area contributed by atoms with E-state index in [4.69, 9.17) is 4.52 Å². The van der Waals surface area contributed by atoms with Crippen molar-refractivity contribution in [1.82, 2.24) is 19.4 Å². The fraction of sp³-hybridized carbons (Fsp3) is 0.211. The van der Waals surface area contributed by atoms with Gasteiger partial charge >= 0.3 is 4.87 Å². The zero-order valence-corrected chi connectivity index (χ0v) is 17.4. The summed E-state index contributed by atoms with van der Waals surface area (Å²) in [6.07, 6.45) is 0. The summed E-state index contributed by atoms with van der Waals surface area (Å²) in [4.78, 5) is 16.2. The van der Waals surface area contributed by atoms with Crippen LogP contribution in [0.3, 0.4) is 0 Å². The molecule has 0 saturated carbocycles. The van der Waals surface area contributed by atoms with E-state index in [1.807, 2.05) is 38.1 Å². The highest BCUT2D eigenvalue weighted by Crippen LogP contribution is 2.22. The van der Waals surface area contributed by atoms with Crippen LogP contribution in [0.25, 0.3) is 21.6 Å². The third-order valence-corrected chi connectivity index (χ3v) is 6.76. The second-order valence-corrected chi connectivity index (χ2v) is 9.21. The van der Waals surface area contributed by atoms with Crippen molar-refractivity contribution in [2.45, 2.75) is 31.8 Å². The molecule has 0 aliphatic heterocycles. The summed E-state index contributed by atoms with van der Waals surface area (Å²) < 4.78 is 35.2. The van der Waals surface area contributed by atoms with Crippen LogP contribution >= 0.6 is 11.3 Å². The largest absolute Gasteiger partial charge is 0.338 e. The molecule has 0 unspecified atom stereocenters. The van der Waals surface area contributed by atoms with Crippen molar-refractivity contribution in [3.63, 3.8) is 0 Å². The van der Waals surface area contributed by atoms with Gasteiger partial charge in [-0.25, -0.2) is 13.1 Å². The Balaban J connectivity index is 1.54. The quantitative estimate of drug-likeness (QED) is 0.504. The van der Waals surface area contributed by atoms with Crippen LogP contribution < -0.4 is 9.60 Å². The molecule has 8 nitrogen and oxygen atoms in total. The van der Waals surface area contributed by atoms with E-state index in [1.54, 1.807) is 10.6 Å². The number of hydrogen-bond donors (Lipinski definition) is 1. The highest BCUT2D eigenvalue weighted by Gasteiger charge is 2.18. The van der Waals surface area contributed by atoms with Gasteiger partial charge in [-0.1, -0.05) is 40.3 Å².